The van der Waals surface area contributed by atoms with Crippen molar-refractivity contribution in [2.45, 2.75) is 19.4 Å². The van der Waals surface area contributed by atoms with Crippen LogP contribution in [0.5, 0.6) is 0 Å². The van der Waals surface area contributed by atoms with Gasteiger partial charge in [-0.3, -0.25) is 9.10 Å². The average molecular weight is 388 g/mol. The molecule has 1 heterocycles. The van der Waals surface area contributed by atoms with Gasteiger partial charge in [0.2, 0.25) is 10.0 Å². The zero-order valence-corrected chi connectivity index (χ0v) is 16.5. The van der Waals surface area contributed by atoms with Crippen molar-refractivity contribution in [1.29, 1.82) is 0 Å². The molecule has 0 radical (unpaired) electrons. The Bertz CT molecular complexity index is 908. The van der Waals surface area contributed by atoms with Crippen molar-refractivity contribution in [3.8, 4) is 0 Å². The number of amides is 1. The van der Waals surface area contributed by atoms with Gasteiger partial charge in [0, 0.05) is 38.4 Å². The molecule has 144 valence electrons. The molecule has 27 heavy (non-hydrogen) atoms. The van der Waals surface area contributed by atoms with Crippen LogP contribution in [-0.4, -0.2) is 40.7 Å². The normalized spacial score (nSPS) is 16.0. The third kappa shape index (κ3) is 4.60. The number of sulfonamides is 1. The summed E-state index contributed by atoms with van der Waals surface area (Å²) in [5.41, 5.74) is 3.11. The van der Waals surface area contributed by atoms with Gasteiger partial charge in [-0.2, -0.15) is 0 Å². The second-order valence-electron chi connectivity index (χ2n) is 6.89. The summed E-state index contributed by atoms with van der Waals surface area (Å²) in [5.74, 6) is -0.0604. The highest BCUT2D eigenvalue weighted by Gasteiger charge is 2.26. The van der Waals surface area contributed by atoms with Gasteiger partial charge in [0.1, 0.15) is 0 Å². The quantitative estimate of drug-likeness (QED) is 0.856. The van der Waals surface area contributed by atoms with Gasteiger partial charge in [0.15, 0.2) is 0 Å². The minimum atomic E-state index is -3.29. The molecule has 2 aromatic carbocycles. The average Bonchev–Trinajstić information content (AvgIpc) is 2.66. The number of hydrogen-bond acceptors (Lipinski definition) is 4. The second kappa shape index (κ2) is 8.00. The highest BCUT2D eigenvalue weighted by atomic mass is 32.2. The summed E-state index contributed by atoms with van der Waals surface area (Å²) in [4.78, 5) is 14.5. The Hall–Kier alpha value is -2.54. The molecule has 2 aromatic rings. The van der Waals surface area contributed by atoms with E-state index in [9.17, 15) is 13.2 Å². The first-order chi connectivity index (χ1) is 12.9. The minimum Gasteiger partial charge on any atom is -0.378 e. The first-order valence-corrected chi connectivity index (χ1v) is 10.6. The Labute approximate surface area is 160 Å². The van der Waals surface area contributed by atoms with Crippen LogP contribution < -0.4 is 14.5 Å². The molecular formula is C20H25N3O3S. The van der Waals surface area contributed by atoms with Gasteiger partial charge in [0.25, 0.3) is 5.91 Å². The van der Waals surface area contributed by atoms with Gasteiger partial charge in [-0.25, -0.2) is 8.42 Å². The molecule has 1 amide bonds. The van der Waals surface area contributed by atoms with Crippen molar-refractivity contribution in [1.82, 2.24) is 5.32 Å². The van der Waals surface area contributed by atoms with Gasteiger partial charge in [-0.1, -0.05) is 18.2 Å². The van der Waals surface area contributed by atoms with E-state index in [1.54, 1.807) is 24.3 Å². The molecule has 0 aliphatic carbocycles. The van der Waals surface area contributed by atoms with Crippen LogP contribution in [0.1, 0.15) is 28.8 Å². The lowest BCUT2D eigenvalue weighted by atomic mass is 10.1. The zero-order valence-electron chi connectivity index (χ0n) is 15.7. The SMILES string of the molecule is CN(C)c1ccc(CNC(=O)c2cccc(N3CCCCS3(=O)=O)c2)cc1. The number of carbonyl (C=O) groups excluding carboxylic acids is 1. The van der Waals surface area contributed by atoms with E-state index in [0.717, 1.165) is 17.7 Å². The zero-order chi connectivity index (χ0) is 19.4. The maximum absolute atomic E-state index is 12.5. The Morgan fingerprint density at radius 3 is 2.52 bits per heavy atom. The van der Waals surface area contributed by atoms with Crippen LogP contribution in [0, 0.1) is 0 Å². The number of rotatable bonds is 5. The molecule has 0 unspecified atom stereocenters. The van der Waals surface area contributed by atoms with Crippen LogP contribution in [0.15, 0.2) is 48.5 Å². The van der Waals surface area contributed by atoms with Gasteiger partial charge in [0.05, 0.1) is 11.4 Å². The fourth-order valence-corrected chi connectivity index (χ4v) is 4.71. The topological polar surface area (TPSA) is 69.7 Å². The Kier molecular flexibility index (Phi) is 5.70. The summed E-state index contributed by atoms with van der Waals surface area (Å²) >= 11 is 0. The summed E-state index contributed by atoms with van der Waals surface area (Å²) in [6.07, 6.45) is 1.52. The second-order valence-corrected chi connectivity index (χ2v) is 8.90. The third-order valence-electron chi connectivity index (χ3n) is 4.65. The number of nitrogens with zero attached hydrogens (tertiary/aromatic N) is 2. The van der Waals surface area contributed by atoms with E-state index < -0.39 is 10.0 Å². The maximum atomic E-state index is 12.5. The molecule has 7 heteroatoms. The third-order valence-corrected chi connectivity index (χ3v) is 6.52. The van der Waals surface area contributed by atoms with Crippen molar-refractivity contribution in [2.24, 2.45) is 0 Å². The minimum absolute atomic E-state index is 0.159. The van der Waals surface area contributed by atoms with E-state index in [1.165, 1.54) is 4.31 Å². The summed E-state index contributed by atoms with van der Waals surface area (Å²) in [7, 11) is 0.669. The largest absolute Gasteiger partial charge is 0.378 e. The number of hydrogen-bond donors (Lipinski definition) is 1. The molecule has 6 nitrogen and oxygen atoms in total. The lowest BCUT2D eigenvalue weighted by Gasteiger charge is -2.28. The fraction of sp³-hybridized carbons (Fsp3) is 0.350. The summed E-state index contributed by atoms with van der Waals surface area (Å²) in [6.45, 7) is 0.879. The van der Waals surface area contributed by atoms with Crippen molar-refractivity contribution in [3.05, 3.63) is 59.7 Å². The number of carbonyl (C=O) groups is 1. The highest BCUT2D eigenvalue weighted by molar-refractivity contribution is 7.92. The van der Waals surface area contributed by atoms with Gasteiger partial charge in [-0.05, 0) is 48.7 Å². The number of anilines is 2. The Morgan fingerprint density at radius 2 is 1.85 bits per heavy atom. The maximum Gasteiger partial charge on any atom is 0.251 e. The van der Waals surface area contributed by atoms with Crippen LogP contribution in [0.25, 0.3) is 0 Å². The van der Waals surface area contributed by atoms with Gasteiger partial charge >= 0.3 is 0 Å². The number of benzene rings is 2. The van der Waals surface area contributed by atoms with E-state index in [1.807, 2.05) is 43.3 Å². The van der Waals surface area contributed by atoms with Crippen molar-refractivity contribution < 1.29 is 13.2 Å². The molecule has 0 bridgehead atoms. The molecule has 3 rings (SSSR count). The van der Waals surface area contributed by atoms with Gasteiger partial charge < -0.3 is 10.2 Å². The molecule has 1 fully saturated rings. The van der Waals surface area contributed by atoms with Crippen LogP contribution >= 0.6 is 0 Å². The molecular weight excluding hydrogens is 362 g/mol. The molecule has 0 atom stereocenters. The van der Waals surface area contributed by atoms with E-state index in [-0.39, 0.29) is 11.7 Å². The van der Waals surface area contributed by atoms with E-state index in [4.69, 9.17) is 0 Å². The summed E-state index contributed by atoms with van der Waals surface area (Å²) in [5, 5.41) is 2.89. The number of nitrogens with one attached hydrogen (secondary N) is 1. The van der Waals surface area contributed by atoms with E-state index >= 15 is 0 Å². The first-order valence-electron chi connectivity index (χ1n) is 9.02. The van der Waals surface area contributed by atoms with Crippen molar-refractivity contribution >= 4 is 27.3 Å². The lowest BCUT2D eigenvalue weighted by molar-refractivity contribution is 0.0951. The summed E-state index contributed by atoms with van der Waals surface area (Å²) in [6, 6.07) is 14.8. The Balaban J connectivity index is 1.68. The van der Waals surface area contributed by atoms with Gasteiger partial charge in [-0.15, -0.1) is 0 Å². The smallest absolute Gasteiger partial charge is 0.251 e. The van der Waals surface area contributed by atoms with Crippen LogP contribution in [0.4, 0.5) is 11.4 Å². The van der Waals surface area contributed by atoms with E-state index in [2.05, 4.69) is 5.32 Å². The van der Waals surface area contributed by atoms with Crippen LogP contribution in [-0.2, 0) is 16.6 Å². The molecule has 0 aromatic heterocycles. The molecule has 1 aliphatic rings. The first kappa shape index (κ1) is 19.2. The van der Waals surface area contributed by atoms with Crippen LogP contribution in [0.2, 0.25) is 0 Å². The predicted octanol–water partition coefficient (Wildman–Crippen LogP) is 2.61. The van der Waals surface area contributed by atoms with Crippen molar-refractivity contribution in [2.75, 3.05) is 35.6 Å². The molecule has 1 saturated heterocycles. The highest BCUT2D eigenvalue weighted by Crippen LogP contribution is 2.24. The molecule has 0 saturated carbocycles. The van der Waals surface area contributed by atoms with Crippen LogP contribution in [0.3, 0.4) is 0 Å². The standard InChI is InChI=1S/C20H25N3O3S/c1-22(2)18-10-8-16(9-11-18)15-21-20(24)17-6-5-7-19(14-17)23-12-3-4-13-27(23,25)26/h5-11,14H,3-4,12-13,15H2,1-2H3,(H,21,24). The molecule has 1 aliphatic heterocycles. The Morgan fingerprint density at radius 1 is 1.11 bits per heavy atom. The fourth-order valence-electron chi connectivity index (χ4n) is 3.08. The van der Waals surface area contributed by atoms with E-state index in [0.29, 0.717) is 30.8 Å². The monoisotopic (exact) mass is 387 g/mol. The summed E-state index contributed by atoms with van der Waals surface area (Å²) < 4.78 is 26.0. The predicted molar refractivity (Wildman–Crippen MR) is 109 cm³/mol. The lowest BCUT2D eigenvalue weighted by Crippen LogP contribution is -2.38. The molecule has 1 N–H and O–H groups in total. The molecule has 0 spiro atoms. The van der Waals surface area contributed by atoms with Crippen molar-refractivity contribution in [3.63, 3.8) is 0 Å².